The van der Waals surface area contributed by atoms with Gasteiger partial charge in [0.1, 0.15) is 0 Å². The molecule has 82 valence electrons. The third-order valence-electron chi connectivity index (χ3n) is 1.41. The zero-order valence-corrected chi connectivity index (χ0v) is 10.5. The molecule has 1 aromatic carbocycles. The van der Waals surface area contributed by atoms with Crippen LogP contribution in [-0.4, -0.2) is 7.05 Å². The van der Waals surface area contributed by atoms with Gasteiger partial charge < -0.3 is 5.32 Å². The number of para-hydroxylation sites is 1. The highest BCUT2D eigenvalue weighted by Gasteiger charge is 1.82. The van der Waals surface area contributed by atoms with Crippen LogP contribution < -0.4 is 5.32 Å². The van der Waals surface area contributed by atoms with Crippen molar-refractivity contribution < 1.29 is 0 Å². The third-order valence-corrected chi connectivity index (χ3v) is 2.11. The molecule has 1 N–H and O–H groups in total. The summed E-state index contributed by atoms with van der Waals surface area (Å²) in [4.78, 5) is 2.21. The minimum Gasteiger partial charge on any atom is -0.388 e. The summed E-state index contributed by atoms with van der Waals surface area (Å²) >= 11 is 1.62. The van der Waals surface area contributed by atoms with Gasteiger partial charge in [-0.25, -0.2) is 0 Å². The summed E-state index contributed by atoms with van der Waals surface area (Å²) in [5.74, 6) is 0. The van der Waals surface area contributed by atoms with Crippen LogP contribution in [0, 0.1) is 0 Å². The van der Waals surface area contributed by atoms with Crippen LogP contribution in [0.1, 0.15) is 13.8 Å². The molecule has 1 rings (SSSR count). The van der Waals surface area contributed by atoms with Crippen LogP contribution in [-0.2, 0) is 0 Å². The summed E-state index contributed by atoms with van der Waals surface area (Å²) in [6, 6.07) is 10.1. The maximum Gasteiger partial charge on any atom is 0.0337 e. The summed E-state index contributed by atoms with van der Waals surface area (Å²) in [6.07, 6.45) is 0. The fourth-order valence-corrected chi connectivity index (χ4v) is 1.50. The van der Waals surface area contributed by atoms with Crippen LogP contribution in [0.25, 0.3) is 0 Å². The Hall–Kier alpha value is -1.15. The van der Waals surface area contributed by atoms with Gasteiger partial charge in [0, 0.05) is 12.7 Å². The van der Waals surface area contributed by atoms with Gasteiger partial charge in [-0.1, -0.05) is 31.4 Å². The van der Waals surface area contributed by atoms with Crippen molar-refractivity contribution in [3.63, 3.8) is 0 Å². The number of hydrogen-bond acceptors (Lipinski definition) is 2. The van der Waals surface area contributed by atoms with E-state index in [0.717, 1.165) is 15.5 Å². The second-order valence-corrected chi connectivity index (χ2v) is 4.72. The molecule has 0 fully saturated rings. The summed E-state index contributed by atoms with van der Waals surface area (Å²) in [5.41, 5.74) is 1.16. The van der Waals surface area contributed by atoms with Crippen molar-refractivity contribution in [2.24, 2.45) is 0 Å². The lowest BCUT2D eigenvalue weighted by Crippen LogP contribution is -1.84. The number of nitrogens with one attached hydrogen (secondary N) is 1. The molecule has 0 radical (unpaired) electrons. The second-order valence-electron chi connectivity index (χ2n) is 3.12. The quantitative estimate of drug-likeness (QED) is 0.805. The molecule has 15 heavy (non-hydrogen) atoms. The van der Waals surface area contributed by atoms with Gasteiger partial charge in [0.15, 0.2) is 0 Å². The predicted molar refractivity (Wildman–Crippen MR) is 73.2 cm³/mol. The van der Waals surface area contributed by atoms with Crippen molar-refractivity contribution in [1.29, 1.82) is 0 Å². The zero-order valence-electron chi connectivity index (χ0n) is 9.71. The Morgan fingerprint density at radius 1 is 1.07 bits per heavy atom. The van der Waals surface area contributed by atoms with Gasteiger partial charge >= 0.3 is 0 Å². The molecule has 0 aliphatic heterocycles. The largest absolute Gasteiger partial charge is 0.388 e. The van der Waals surface area contributed by atoms with Crippen molar-refractivity contribution in [2.45, 2.75) is 13.8 Å². The highest BCUT2D eigenvalue weighted by molar-refractivity contribution is 8.06. The first kappa shape index (κ1) is 13.8. The van der Waals surface area contributed by atoms with E-state index in [9.17, 15) is 0 Å². The van der Waals surface area contributed by atoms with Crippen molar-refractivity contribution >= 4 is 17.4 Å². The number of anilines is 1. The molecule has 0 atom stereocenters. The molecule has 0 aromatic heterocycles. The molecule has 0 bridgehead atoms. The highest BCUT2D eigenvalue weighted by atomic mass is 32.2. The Balaban J connectivity index is 0.000000265. The van der Waals surface area contributed by atoms with Crippen molar-refractivity contribution in [3.05, 3.63) is 53.3 Å². The lowest BCUT2D eigenvalue weighted by atomic mass is 10.3. The number of hydrogen-bond donors (Lipinski definition) is 1. The minimum absolute atomic E-state index is 1.10. The van der Waals surface area contributed by atoms with Crippen LogP contribution in [0.4, 0.5) is 5.69 Å². The molecule has 2 heteroatoms. The molecule has 1 nitrogen and oxygen atoms in total. The highest BCUT2D eigenvalue weighted by Crippen LogP contribution is 2.19. The molecule has 0 saturated carbocycles. The molecule has 0 heterocycles. The molecule has 1 aromatic rings. The molecular weight excluding hydrogens is 202 g/mol. The molecule has 0 aliphatic carbocycles. The van der Waals surface area contributed by atoms with Gasteiger partial charge in [-0.15, -0.1) is 11.8 Å². The number of thioether (sulfide) groups is 1. The minimum atomic E-state index is 1.10. The monoisotopic (exact) mass is 221 g/mol. The van der Waals surface area contributed by atoms with Crippen LogP contribution >= 0.6 is 11.8 Å². The average Bonchev–Trinajstić information content (AvgIpc) is 2.18. The van der Waals surface area contributed by atoms with Gasteiger partial charge in [0.05, 0.1) is 0 Å². The van der Waals surface area contributed by atoms with Gasteiger partial charge in [-0.05, 0) is 35.8 Å². The van der Waals surface area contributed by atoms with E-state index < -0.39 is 0 Å². The number of rotatable bonds is 3. The van der Waals surface area contributed by atoms with Gasteiger partial charge in [-0.3, -0.25) is 0 Å². The summed E-state index contributed by atoms with van der Waals surface area (Å²) in [5, 5.41) is 3.03. The Morgan fingerprint density at radius 3 is 1.73 bits per heavy atom. The first-order valence-corrected chi connectivity index (χ1v) is 5.59. The van der Waals surface area contributed by atoms with Crippen LogP contribution in [0.15, 0.2) is 53.3 Å². The van der Waals surface area contributed by atoms with Crippen molar-refractivity contribution in [1.82, 2.24) is 0 Å². The maximum atomic E-state index is 3.70. The summed E-state index contributed by atoms with van der Waals surface area (Å²) in [7, 11) is 1.91. The van der Waals surface area contributed by atoms with E-state index in [2.05, 4.69) is 18.5 Å². The van der Waals surface area contributed by atoms with E-state index in [1.165, 1.54) is 0 Å². The normalized spacial score (nSPS) is 8.47. The molecule has 0 saturated heterocycles. The molecule has 0 unspecified atom stereocenters. The number of allylic oxidation sites excluding steroid dienone is 2. The SMILES string of the molecule is C=C(C)SC(=C)C.CNc1ccccc1. The molecule has 0 amide bonds. The Kier molecular flexibility index (Phi) is 7.56. The average molecular weight is 221 g/mol. The third kappa shape index (κ3) is 9.16. The van der Waals surface area contributed by atoms with E-state index in [1.54, 1.807) is 11.8 Å². The van der Waals surface area contributed by atoms with E-state index in [1.807, 2.05) is 51.2 Å². The van der Waals surface area contributed by atoms with Crippen molar-refractivity contribution in [3.8, 4) is 0 Å². The maximum absolute atomic E-state index is 3.70. The smallest absolute Gasteiger partial charge is 0.0337 e. The Bertz CT molecular complexity index is 292. The van der Waals surface area contributed by atoms with E-state index in [-0.39, 0.29) is 0 Å². The number of benzene rings is 1. The Labute approximate surface area is 97.3 Å². The van der Waals surface area contributed by atoms with Gasteiger partial charge in [0.2, 0.25) is 0 Å². The topological polar surface area (TPSA) is 12.0 Å². The second kappa shape index (κ2) is 8.18. The first-order chi connectivity index (χ1) is 7.06. The van der Waals surface area contributed by atoms with Crippen LogP contribution in [0.5, 0.6) is 0 Å². The summed E-state index contributed by atoms with van der Waals surface area (Å²) < 4.78 is 0. The molecule has 0 aliphatic rings. The fourth-order valence-electron chi connectivity index (χ4n) is 0.902. The predicted octanol–water partition coefficient (Wildman–Crippen LogP) is 4.52. The zero-order chi connectivity index (χ0) is 11.7. The Morgan fingerprint density at radius 2 is 1.53 bits per heavy atom. The summed E-state index contributed by atoms with van der Waals surface area (Å²) in [6.45, 7) is 11.3. The van der Waals surface area contributed by atoms with Crippen LogP contribution in [0.2, 0.25) is 0 Å². The van der Waals surface area contributed by atoms with E-state index in [0.29, 0.717) is 0 Å². The van der Waals surface area contributed by atoms with Gasteiger partial charge in [0.25, 0.3) is 0 Å². The van der Waals surface area contributed by atoms with E-state index in [4.69, 9.17) is 0 Å². The van der Waals surface area contributed by atoms with Gasteiger partial charge in [-0.2, -0.15) is 0 Å². The molecular formula is C13H19NS. The van der Waals surface area contributed by atoms with Crippen molar-refractivity contribution in [2.75, 3.05) is 12.4 Å². The fraction of sp³-hybridized carbons (Fsp3) is 0.231. The lowest BCUT2D eigenvalue weighted by Gasteiger charge is -1.94. The standard InChI is InChI=1S/C7H9N.C6H10S/c1-8-7-5-3-2-4-6-7;1-5(2)7-6(3)4/h2-6,8H,1H3;1,3H2,2,4H3. The van der Waals surface area contributed by atoms with E-state index >= 15 is 0 Å². The first-order valence-electron chi connectivity index (χ1n) is 4.78. The van der Waals surface area contributed by atoms with Crippen LogP contribution in [0.3, 0.4) is 0 Å². The lowest BCUT2D eigenvalue weighted by molar-refractivity contribution is 1.51. The molecule has 0 spiro atoms.